The highest BCUT2D eigenvalue weighted by molar-refractivity contribution is 5.83. The first-order valence-corrected chi connectivity index (χ1v) is 10.7. The normalized spacial score (nSPS) is 10.1. The molecular formula is C23H34F2N6. The molecule has 3 heterocycles. The van der Waals surface area contributed by atoms with Crippen molar-refractivity contribution in [2.45, 2.75) is 67.7 Å². The highest BCUT2D eigenvalue weighted by Gasteiger charge is 2.10. The average Bonchev–Trinajstić information content (AvgIpc) is 3.18. The van der Waals surface area contributed by atoms with E-state index in [0.29, 0.717) is 5.95 Å². The fourth-order valence-electron chi connectivity index (χ4n) is 2.50. The predicted molar refractivity (Wildman–Crippen MR) is 126 cm³/mol. The molecule has 0 spiro atoms. The van der Waals surface area contributed by atoms with Gasteiger partial charge >= 0.3 is 0 Å². The molecule has 0 saturated heterocycles. The number of aliphatic imine (C=N–C) groups is 1. The first-order chi connectivity index (χ1) is 14.8. The summed E-state index contributed by atoms with van der Waals surface area (Å²) in [6, 6.07) is 6.02. The third-order valence-corrected chi connectivity index (χ3v) is 3.94. The second-order valence-electron chi connectivity index (χ2n) is 6.73. The first kappa shape index (κ1) is 26.1. The minimum absolute atomic E-state index is 0.0278. The van der Waals surface area contributed by atoms with Crippen LogP contribution in [0.3, 0.4) is 0 Å². The van der Waals surface area contributed by atoms with Crippen LogP contribution in [-0.2, 0) is 0 Å². The van der Waals surface area contributed by atoms with Gasteiger partial charge < -0.3 is 5.32 Å². The van der Waals surface area contributed by atoms with E-state index in [1.54, 1.807) is 0 Å². The van der Waals surface area contributed by atoms with Gasteiger partial charge in [0.2, 0.25) is 12.4 Å². The van der Waals surface area contributed by atoms with Crippen LogP contribution < -0.4 is 5.32 Å². The Hall–Kier alpha value is -2.90. The van der Waals surface area contributed by atoms with Gasteiger partial charge in [-0.05, 0) is 45.4 Å². The van der Waals surface area contributed by atoms with Crippen LogP contribution in [0.2, 0.25) is 0 Å². The van der Waals surface area contributed by atoms with Crippen molar-refractivity contribution in [3.63, 3.8) is 0 Å². The zero-order valence-corrected chi connectivity index (χ0v) is 19.6. The molecule has 0 bridgehead atoms. The summed E-state index contributed by atoms with van der Waals surface area (Å²) in [5.41, 5.74) is 5.69. The summed E-state index contributed by atoms with van der Waals surface area (Å²) in [6.45, 7) is 14.4. The van der Waals surface area contributed by atoms with Gasteiger partial charge in [0, 0.05) is 30.4 Å². The molecule has 170 valence electrons. The lowest BCUT2D eigenvalue weighted by Gasteiger charge is -2.06. The maximum atomic E-state index is 10.8. The SMILES string of the molecule is CC.CCC(F)F.CCCNc1ncc2c(-c3ccc(N=C(C)C)c(C)n3)ccn2n1. The summed E-state index contributed by atoms with van der Waals surface area (Å²) in [5, 5.41) is 7.68. The zero-order chi connectivity index (χ0) is 23.4. The Morgan fingerprint density at radius 2 is 1.84 bits per heavy atom. The molecule has 31 heavy (non-hydrogen) atoms. The number of halogens is 2. The number of anilines is 1. The fourth-order valence-corrected chi connectivity index (χ4v) is 2.50. The number of aryl methyl sites for hydroxylation is 1. The standard InChI is InChI=1S/C18H22N6.C3H6F2.C2H6/c1-5-9-19-18-20-11-17-14(8-10-24(17)23-18)16-7-6-15(13(4)22-16)21-12(2)3;1-2-3(4)5;1-2/h6-8,10-11H,5,9H2,1-4H3,(H,19,23);3H,2H2,1H3;1-2H3. The number of pyridine rings is 1. The largest absolute Gasteiger partial charge is 0.353 e. The van der Waals surface area contributed by atoms with E-state index in [4.69, 9.17) is 4.98 Å². The van der Waals surface area contributed by atoms with E-state index in [9.17, 15) is 8.78 Å². The van der Waals surface area contributed by atoms with E-state index in [1.807, 2.05) is 69.7 Å². The van der Waals surface area contributed by atoms with Gasteiger partial charge in [-0.25, -0.2) is 18.3 Å². The molecule has 8 heteroatoms. The van der Waals surface area contributed by atoms with Crippen LogP contribution in [0.15, 0.2) is 35.6 Å². The number of aromatic nitrogens is 4. The van der Waals surface area contributed by atoms with Gasteiger partial charge in [0.25, 0.3) is 0 Å². The zero-order valence-electron chi connectivity index (χ0n) is 19.6. The van der Waals surface area contributed by atoms with Crippen LogP contribution in [0.25, 0.3) is 16.8 Å². The number of hydrogen-bond donors (Lipinski definition) is 1. The van der Waals surface area contributed by atoms with Gasteiger partial charge in [-0.15, -0.1) is 5.10 Å². The molecule has 0 aliphatic carbocycles. The number of alkyl halides is 2. The molecule has 0 fully saturated rings. The predicted octanol–water partition coefficient (Wildman–Crippen LogP) is 6.72. The second kappa shape index (κ2) is 13.4. The van der Waals surface area contributed by atoms with Crippen LogP contribution in [0.5, 0.6) is 0 Å². The highest BCUT2D eigenvalue weighted by Crippen LogP contribution is 2.27. The number of nitrogens with zero attached hydrogens (tertiary/aromatic N) is 5. The van der Waals surface area contributed by atoms with Crippen molar-refractivity contribution >= 4 is 22.9 Å². The molecular weight excluding hydrogens is 398 g/mol. The molecule has 0 radical (unpaired) electrons. The van der Waals surface area contributed by atoms with Crippen molar-refractivity contribution in [2.24, 2.45) is 4.99 Å². The topological polar surface area (TPSA) is 67.5 Å². The second-order valence-corrected chi connectivity index (χ2v) is 6.73. The molecule has 0 saturated carbocycles. The maximum absolute atomic E-state index is 10.8. The van der Waals surface area contributed by atoms with Crippen molar-refractivity contribution in [3.8, 4) is 11.3 Å². The molecule has 0 atom stereocenters. The molecule has 3 rings (SSSR count). The number of fused-ring (bicyclic) bond motifs is 1. The van der Waals surface area contributed by atoms with Gasteiger partial charge in [-0.1, -0.05) is 27.7 Å². The van der Waals surface area contributed by atoms with Crippen LogP contribution in [0.1, 0.15) is 60.1 Å². The van der Waals surface area contributed by atoms with E-state index in [0.717, 1.165) is 46.8 Å². The summed E-state index contributed by atoms with van der Waals surface area (Å²) >= 11 is 0. The summed E-state index contributed by atoms with van der Waals surface area (Å²) in [5.74, 6) is 0.638. The lowest BCUT2D eigenvalue weighted by molar-refractivity contribution is 0.144. The molecule has 0 amide bonds. The van der Waals surface area contributed by atoms with Crippen LogP contribution in [0.4, 0.5) is 20.4 Å². The molecule has 0 aromatic carbocycles. The van der Waals surface area contributed by atoms with Crippen LogP contribution >= 0.6 is 0 Å². The Bertz CT molecular complexity index is 962. The van der Waals surface area contributed by atoms with Gasteiger partial charge in [0.1, 0.15) is 0 Å². The monoisotopic (exact) mass is 432 g/mol. The minimum Gasteiger partial charge on any atom is -0.353 e. The minimum atomic E-state index is -2.12. The van der Waals surface area contributed by atoms with Crippen molar-refractivity contribution in [1.29, 1.82) is 0 Å². The lowest BCUT2D eigenvalue weighted by Crippen LogP contribution is -2.06. The summed E-state index contributed by atoms with van der Waals surface area (Å²) in [6.07, 6.45) is 2.66. The molecule has 0 unspecified atom stereocenters. The third-order valence-electron chi connectivity index (χ3n) is 3.94. The Kier molecular flexibility index (Phi) is 11.3. The van der Waals surface area contributed by atoms with E-state index < -0.39 is 6.43 Å². The maximum Gasteiger partial charge on any atom is 0.240 e. The number of hydrogen-bond acceptors (Lipinski definition) is 5. The van der Waals surface area contributed by atoms with Gasteiger partial charge in [0.15, 0.2) is 0 Å². The lowest BCUT2D eigenvalue weighted by atomic mass is 10.1. The molecule has 1 N–H and O–H groups in total. The molecule has 6 nitrogen and oxygen atoms in total. The van der Waals surface area contributed by atoms with Gasteiger partial charge in [0.05, 0.1) is 28.8 Å². The van der Waals surface area contributed by atoms with E-state index >= 15 is 0 Å². The highest BCUT2D eigenvalue weighted by atomic mass is 19.3. The van der Waals surface area contributed by atoms with Crippen molar-refractivity contribution < 1.29 is 8.78 Å². The van der Waals surface area contributed by atoms with Crippen LogP contribution in [0, 0.1) is 6.92 Å². The van der Waals surface area contributed by atoms with E-state index in [2.05, 4.69) is 27.3 Å². The molecule has 0 aliphatic rings. The fraction of sp³-hybridized carbons (Fsp3) is 0.478. The summed E-state index contributed by atoms with van der Waals surface area (Å²) in [7, 11) is 0. The smallest absolute Gasteiger partial charge is 0.240 e. The third kappa shape index (κ3) is 8.03. The summed E-state index contributed by atoms with van der Waals surface area (Å²) in [4.78, 5) is 13.6. The van der Waals surface area contributed by atoms with Crippen molar-refractivity contribution in [2.75, 3.05) is 11.9 Å². The molecule has 0 aliphatic heterocycles. The number of nitrogens with one attached hydrogen (secondary N) is 1. The Morgan fingerprint density at radius 1 is 1.16 bits per heavy atom. The Balaban J connectivity index is 0.000000605. The Labute approximate surface area is 183 Å². The van der Waals surface area contributed by atoms with E-state index in [1.165, 1.54) is 6.92 Å². The first-order valence-electron chi connectivity index (χ1n) is 10.7. The van der Waals surface area contributed by atoms with Crippen LogP contribution in [-0.4, -0.2) is 38.3 Å². The molecule has 3 aromatic heterocycles. The van der Waals surface area contributed by atoms with Crippen molar-refractivity contribution in [1.82, 2.24) is 19.6 Å². The number of rotatable bonds is 6. The van der Waals surface area contributed by atoms with Gasteiger partial charge in [-0.3, -0.25) is 9.98 Å². The molecule has 3 aromatic rings. The Morgan fingerprint density at radius 3 is 2.39 bits per heavy atom. The summed E-state index contributed by atoms with van der Waals surface area (Å²) < 4.78 is 23.4. The van der Waals surface area contributed by atoms with E-state index in [-0.39, 0.29) is 6.42 Å². The van der Waals surface area contributed by atoms with Crippen molar-refractivity contribution in [3.05, 3.63) is 36.3 Å². The average molecular weight is 433 g/mol. The quantitative estimate of drug-likeness (QED) is 0.439. The van der Waals surface area contributed by atoms with Gasteiger partial charge in [-0.2, -0.15) is 0 Å².